The maximum Gasteiger partial charge on any atom is 0.191 e. The van der Waals surface area contributed by atoms with Crippen LogP contribution in [-0.2, 0) is 17.8 Å². The quantitative estimate of drug-likeness (QED) is 0.419. The average molecular weight is 435 g/mol. The molecule has 1 fully saturated rings. The van der Waals surface area contributed by atoms with Crippen LogP contribution in [-0.4, -0.2) is 46.4 Å². The lowest BCUT2D eigenvalue weighted by Gasteiger charge is -2.18. The van der Waals surface area contributed by atoms with E-state index in [1.54, 1.807) is 18.7 Å². The highest BCUT2D eigenvalue weighted by atomic mass is 16.5. The lowest BCUT2D eigenvalue weighted by molar-refractivity contribution is 0.140. The maximum atomic E-state index is 6.22. The molecule has 2 N–H and O–H groups in total. The van der Waals surface area contributed by atoms with Crippen LogP contribution >= 0.6 is 0 Å². The SMILES string of the molecule is CCNC(=NCc1ccnc(-n2ccnc2)c1)NCc1ccc(C)cc1OC1CCOC1. The minimum absolute atomic E-state index is 0.119. The third-order valence-corrected chi connectivity index (χ3v) is 5.19. The zero-order valence-corrected chi connectivity index (χ0v) is 18.6. The molecule has 0 amide bonds. The number of ether oxygens (including phenoxy) is 2. The van der Waals surface area contributed by atoms with Gasteiger partial charge in [0, 0.05) is 43.7 Å². The number of imidazole rings is 1. The Bertz CT molecular complexity index is 1030. The van der Waals surface area contributed by atoms with Crippen LogP contribution in [0.25, 0.3) is 5.82 Å². The Kier molecular flexibility index (Phi) is 7.34. The van der Waals surface area contributed by atoms with Gasteiger partial charge in [0.2, 0.25) is 0 Å². The van der Waals surface area contributed by atoms with Crippen LogP contribution in [0.3, 0.4) is 0 Å². The molecule has 1 unspecified atom stereocenters. The van der Waals surface area contributed by atoms with Crippen molar-refractivity contribution in [2.45, 2.75) is 39.5 Å². The molecule has 0 bridgehead atoms. The van der Waals surface area contributed by atoms with Crippen LogP contribution in [0.5, 0.6) is 5.75 Å². The molecule has 1 aliphatic heterocycles. The number of guanidine groups is 1. The first-order valence-electron chi connectivity index (χ1n) is 11.0. The molecule has 0 aliphatic carbocycles. The van der Waals surface area contributed by atoms with Crippen LogP contribution < -0.4 is 15.4 Å². The summed E-state index contributed by atoms with van der Waals surface area (Å²) >= 11 is 0. The molecule has 32 heavy (non-hydrogen) atoms. The zero-order valence-electron chi connectivity index (χ0n) is 18.6. The number of pyridine rings is 1. The lowest BCUT2D eigenvalue weighted by atomic mass is 10.1. The van der Waals surface area contributed by atoms with Gasteiger partial charge in [-0.2, -0.15) is 0 Å². The summed E-state index contributed by atoms with van der Waals surface area (Å²) in [6, 6.07) is 10.3. The Morgan fingerprint density at radius 3 is 2.97 bits per heavy atom. The Hall–Kier alpha value is -3.39. The summed E-state index contributed by atoms with van der Waals surface area (Å²) in [7, 11) is 0. The molecule has 1 atom stereocenters. The number of hydrogen-bond donors (Lipinski definition) is 2. The van der Waals surface area contributed by atoms with Crippen molar-refractivity contribution in [2.75, 3.05) is 19.8 Å². The second kappa shape index (κ2) is 10.8. The lowest BCUT2D eigenvalue weighted by Crippen LogP contribution is -2.37. The summed E-state index contributed by atoms with van der Waals surface area (Å²) < 4.78 is 13.6. The first-order valence-corrected chi connectivity index (χ1v) is 11.0. The van der Waals surface area contributed by atoms with Crippen LogP contribution in [0.15, 0.2) is 60.2 Å². The molecule has 0 radical (unpaired) electrons. The second-order valence-electron chi connectivity index (χ2n) is 7.76. The van der Waals surface area contributed by atoms with Gasteiger partial charge in [-0.15, -0.1) is 0 Å². The first kappa shape index (κ1) is 21.8. The molecule has 4 rings (SSSR count). The monoisotopic (exact) mass is 434 g/mol. The number of aromatic nitrogens is 3. The van der Waals surface area contributed by atoms with Crippen molar-refractivity contribution in [1.82, 2.24) is 25.2 Å². The maximum absolute atomic E-state index is 6.22. The fourth-order valence-corrected chi connectivity index (χ4v) is 3.49. The minimum Gasteiger partial charge on any atom is -0.488 e. The van der Waals surface area contributed by atoms with E-state index >= 15 is 0 Å². The molecule has 8 heteroatoms. The molecule has 168 valence electrons. The highest BCUT2D eigenvalue weighted by Gasteiger charge is 2.18. The number of hydrogen-bond acceptors (Lipinski definition) is 5. The average Bonchev–Trinajstić information content (AvgIpc) is 3.51. The Morgan fingerprint density at radius 2 is 2.19 bits per heavy atom. The van der Waals surface area contributed by atoms with Crippen molar-refractivity contribution in [1.29, 1.82) is 0 Å². The van der Waals surface area contributed by atoms with Crippen LogP contribution in [0.4, 0.5) is 0 Å². The molecule has 1 aliphatic rings. The molecular formula is C24H30N6O2. The fourth-order valence-electron chi connectivity index (χ4n) is 3.49. The van der Waals surface area contributed by atoms with E-state index in [9.17, 15) is 0 Å². The van der Waals surface area contributed by atoms with Gasteiger partial charge in [0.1, 0.15) is 24.0 Å². The van der Waals surface area contributed by atoms with Gasteiger partial charge in [0.25, 0.3) is 0 Å². The van der Waals surface area contributed by atoms with E-state index in [0.717, 1.165) is 48.2 Å². The smallest absolute Gasteiger partial charge is 0.191 e. The molecular weight excluding hydrogens is 404 g/mol. The van der Waals surface area contributed by atoms with Crippen molar-refractivity contribution in [3.63, 3.8) is 0 Å². The number of nitrogens with zero attached hydrogens (tertiary/aromatic N) is 4. The Morgan fingerprint density at radius 1 is 1.25 bits per heavy atom. The molecule has 0 spiro atoms. The van der Waals surface area contributed by atoms with Gasteiger partial charge in [-0.3, -0.25) is 4.57 Å². The van der Waals surface area contributed by atoms with Crippen molar-refractivity contribution in [2.24, 2.45) is 4.99 Å². The molecule has 0 saturated carbocycles. The van der Waals surface area contributed by atoms with Gasteiger partial charge in [-0.25, -0.2) is 15.0 Å². The van der Waals surface area contributed by atoms with E-state index in [1.807, 2.05) is 22.9 Å². The predicted octanol–water partition coefficient (Wildman–Crippen LogP) is 3.00. The summed E-state index contributed by atoms with van der Waals surface area (Å²) in [5.41, 5.74) is 3.34. The van der Waals surface area contributed by atoms with Crippen LogP contribution in [0, 0.1) is 6.92 Å². The van der Waals surface area contributed by atoms with Crippen LogP contribution in [0.2, 0.25) is 0 Å². The standard InChI is InChI=1S/C24H30N6O2/c1-3-26-24(28-14-19-6-8-27-23(13-19)30-10-9-25-17-30)29-15-20-5-4-18(2)12-22(20)32-21-7-11-31-16-21/h4-6,8-10,12-13,17,21H,3,7,11,14-16H2,1-2H3,(H2,26,28,29). The Balaban J connectivity index is 1.43. The number of nitrogens with one attached hydrogen (secondary N) is 2. The van der Waals surface area contributed by atoms with Crippen molar-refractivity contribution in [3.05, 3.63) is 71.9 Å². The molecule has 1 saturated heterocycles. The van der Waals surface area contributed by atoms with Gasteiger partial charge in [0.05, 0.1) is 19.8 Å². The fraction of sp³-hybridized carbons (Fsp3) is 0.375. The summed E-state index contributed by atoms with van der Waals surface area (Å²) in [4.78, 5) is 13.2. The molecule has 2 aromatic heterocycles. The number of rotatable bonds is 8. The zero-order chi connectivity index (χ0) is 22.2. The topological polar surface area (TPSA) is 85.6 Å². The van der Waals surface area contributed by atoms with E-state index in [2.05, 4.69) is 52.6 Å². The van der Waals surface area contributed by atoms with Crippen molar-refractivity contribution in [3.8, 4) is 11.6 Å². The third-order valence-electron chi connectivity index (χ3n) is 5.19. The second-order valence-corrected chi connectivity index (χ2v) is 7.76. The summed E-state index contributed by atoms with van der Waals surface area (Å²) in [6.07, 6.45) is 8.19. The molecule has 8 nitrogen and oxygen atoms in total. The highest BCUT2D eigenvalue weighted by molar-refractivity contribution is 5.79. The van der Waals surface area contributed by atoms with Crippen molar-refractivity contribution >= 4 is 5.96 Å². The Labute approximate surface area is 188 Å². The van der Waals surface area contributed by atoms with Crippen molar-refractivity contribution < 1.29 is 9.47 Å². The first-order chi connectivity index (χ1) is 15.7. The van der Waals surface area contributed by atoms with Gasteiger partial charge in [-0.05, 0) is 43.2 Å². The molecule has 3 heterocycles. The van der Waals surface area contributed by atoms with E-state index < -0.39 is 0 Å². The van der Waals surface area contributed by atoms with Gasteiger partial charge in [0.15, 0.2) is 5.96 Å². The summed E-state index contributed by atoms with van der Waals surface area (Å²) in [5, 5.41) is 6.75. The third kappa shape index (κ3) is 5.85. The molecule has 3 aromatic rings. The van der Waals surface area contributed by atoms with Crippen LogP contribution in [0.1, 0.15) is 30.0 Å². The molecule has 1 aromatic carbocycles. The summed E-state index contributed by atoms with van der Waals surface area (Å²) in [5.74, 6) is 2.48. The number of benzene rings is 1. The van der Waals surface area contributed by atoms with Gasteiger partial charge in [-0.1, -0.05) is 12.1 Å². The normalized spacial score (nSPS) is 16.2. The van der Waals surface area contributed by atoms with E-state index in [4.69, 9.17) is 14.5 Å². The highest BCUT2D eigenvalue weighted by Crippen LogP contribution is 2.23. The predicted molar refractivity (Wildman–Crippen MR) is 124 cm³/mol. The van der Waals surface area contributed by atoms with E-state index in [-0.39, 0.29) is 6.10 Å². The van der Waals surface area contributed by atoms with Gasteiger partial charge >= 0.3 is 0 Å². The van der Waals surface area contributed by atoms with Gasteiger partial charge < -0.3 is 20.1 Å². The number of aliphatic imine (C=N–C) groups is 1. The van der Waals surface area contributed by atoms with E-state index in [1.165, 1.54) is 5.56 Å². The minimum atomic E-state index is 0.119. The number of aryl methyl sites for hydroxylation is 1. The van der Waals surface area contributed by atoms with E-state index in [0.29, 0.717) is 19.7 Å². The summed E-state index contributed by atoms with van der Waals surface area (Å²) in [6.45, 7) is 7.48. The largest absolute Gasteiger partial charge is 0.488 e.